The second-order valence-electron chi connectivity index (χ2n) is 2.94. The molecule has 15 heavy (non-hydrogen) atoms. The Balaban J connectivity index is 2.04. The van der Waals surface area contributed by atoms with Crippen LogP contribution in [0.25, 0.3) is 0 Å². The van der Waals surface area contributed by atoms with E-state index in [1.54, 1.807) is 11.3 Å². The minimum absolute atomic E-state index is 0.152. The number of hydrogen-bond acceptors (Lipinski definition) is 3. The summed E-state index contributed by atoms with van der Waals surface area (Å²) in [5.41, 5.74) is 1.12. The maximum Gasteiger partial charge on any atom is 0.315 e. The molecule has 0 radical (unpaired) electrons. The average molecular weight is 228 g/mol. The molecule has 1 heterocycles. The number of urea groups is 1. The first-order chi connectivity index (χ1) is 7.33. The molecule has 0 atom stereocenters. The van der Waals surface area contributed by atoms with Gasteiger partial charge in [0.05, 0.1) is 6.61 Å². The normalized spacial score (nSPS) is 9.93. The molecule has 2 amide bonds. The highest BCUT2D eigenvalue weighted by molar-refractivity contribution is 7.07. The number of carbonyl (C=O) groups excluding carboxylic acids is 1. The van der Waals surface area contributed by atoms with Gasteiger partial charge in [-0.25, -0.2) is 4.79 Å². The summed E-state index contributed by atoms with van der Waals surface area (Å²) in [5, 5.41) is 9.48. The molecule has 0 saturated heterocycles. The highest BCUT2D eigenvalue weighted by Crippen LogP contribution is 2.04. The van der Waals surface area contributed by atoms with Gasteiger partial charge in [-0.1, -0.05) is 0 Å². The van der Waals surface area contributed by atoms with Gasteiger partial charge in [0.2, 0.25) is 0 Å². The van der Waals surface area contributed by atoms with Crippen molar-refractivity contribution in [2.45, 2.75) is 13.5 Å². The SMILES string of the molecule is CCOCCNC(=O)NCc1ccsc1. The van der Waals surface area contributed by atoms with Crippen molar-refractivity contribution in [1.82, 2.24) is 10.6 Å². The Bertz CT molecular complexity index is 275. The topological polar surface area (TPSA) is 50.4 Å². The predicted octanol–water partition coefficient (Wildman–Crippen LogP) is 1.58. The van der Waals surface area contributed by atoms with Crippen LogP contribution < -0.4 is 10.6 Å². The van der Waals surface area contributed by atoms with Gasteiger partial charge in [0, 0.05) is 19.7 Å². The zero-order chi connectivity index (χ0) is 10.9. The van der Waals surface area contributed by atoms with Crippen LogP contribution in [-0.2, 0) is 11.3 Å². The molecule has 5 heteroatoms. The molecule has 0 aliphatic heterocycles. The lowest BCUT2D eigenvalue weighted by Crippen LogP contribution is -2.36. The first-order valence-corrected chi connectivity index (χ1v) is 5.87. The Labute approximate surface area is 93.6 Å². The van der Waals surface area contributed by atoms with E-state index in [2.05, 4.69) is 10.6 Å². The molecule has 0 fully saturated rings. The third kappa shape index (κ3) is 5.39. The lowest BCUT2D eigenvalue weighted by atomic mass is 10.3. The van der Waals surface area contributed by atoms with Crippen LogP contribution in [0.15, 0.2) is 16.8 Å². The number of rotatable bonds is 6. The van der Waals surface area contributed by atoms with E-state index < -0.39 is 0 Å². The van der Waals surface area contributed by atoms with Gasteiger partial charge in [-0.2, -0.15) is 11.3 Å². The Kier molecular flexibility index (Phi) is 5.80. The van der Waals surface area contributed by atoms with E-state index in [9.17, 15) is 4.79 Å². The summed E-state index contributed by atoms with van der Waals surface area (Å²) in [7, 11) is 0. The van der Waals surface area contributed by atoms with E-state index in [0.29, 0.717) is 26.3 Å². The quantitative estimate of drug-likeness (QED) is 0.726. The first-order valence-electron chi connectivity index (χ1n) is 4.93. The fraction of sp³-hybridized carbons (Fsp3) is 0.500. The zero-order valence-electron chi connectivity index (χ0n) is 8.79. The van der Waals surface area contributed by atoms with Crippen molar-refractivity contribution in [2.24, 2.45) is 0 Å². The summed E-state index contributed by atoms with van der Waals surface area (Å²) < 4.78 is 5.09. The van der Waals surface area contributed by atoms with Gasteiger partial charge < -0.3 is 15.4 Å². The van der Waals surface area contributed by atoms with E-state index in [0.717, 1.165) is 5.56 Å². The van der Waals surface area contributed by atoms with E-state index in [4.69, 9.17) is 4.74 Å². The zero-order valence-corrected chi connectivity index (χ0v) is 9.60. The summed E-state index contributed by atoms with van der Waals surface area (Å²) in [5.74, 6) is 0. The van der Waals surface area contributed by atoms with Crippen molar-refractivity contribution < 1.29 is 9.53 Å². The molecule has 0 unspecified atom stereocenters. The minimum atomic E-state index is -0.152. The van der Waals surface area contributed by atoms with Crippen LogP contribution in [-0.4, -0.2) is 25.8 Å². The van der Waals surface area contributed by atoms with Crippen LogP contribution in [0.5, 0.6) is 0 Å². The molecule has 0 aliphatic carbocycles. The lowest BCUT2D eigenvalue weighted by Gasteiger charge is -2.06. The van der Waals surface area contributed by atoms with Crippen LogP contribution in [0, 0.1) is 0 Å². The van der Waals surface area contributed by atoms with Gasteiger partial charge in [-0.15, -0.1) is 0 Å². The molecule has 0 bridgehead atoms. The molecule has 1 rings (SSSR count). The van der Waals surface area contributed by atoms with E-state index in [-0.39, 0.29) is 6.03 Å². The lowest BCUT2D eigenvalue weighted by molar-refractivity contribution is 0.149. The average Bonchev–Trinajstić information content (AvgIpc) is 2.74. The molecule has 0 saturated carbocycles. The monoisotopic (exact) mass is 228 g/mol. The second-order valence-corrected chi connectivity index (χ2v) is 3.72. The third-order valence-corrected chi connectivity index (χ3v) is 2.50. The minimum Gasteiger partial charge on any atom is -0.380 e. The van der Waals surface area contributed by atoms with Crippen LogP contribution in [0.4, 0.5) is 4.79 Å². The van der Waals surface area contributed by atoms with Crippen molar-refractivity contribution in [3.05, 3.63) is 22.4 Å². The third-order valence-electron chi connectivity index (χ3n) is 1.77. The summed E-state index contributed by atoms with van der Waals surface area (Å²) >= 11 is 1.62. The molecule has 1 aromatic rings. The summed E-state index contributed by atoms with van der Waals surface area (Å²) in [6.45, 7) is 4.28. The number of ether oxygens (including phenoxy) is 1. The van der Waals surface area contributed by atoms with Crippen LogP contribution >= 0.6 is 11.3 Å². The van der Waals surface area contributed by atoms with Gasteiger partial charge in [-0.3, -0.25) is 0 Å². The Morgan fingerprint density at radius 2 is 2.40 bits per heavy atom. The number of thiophene rings is 1. The highest BCUT2D eigenvalue weighted by atomic mass is 32.1. The van der Waals surface area contributed by atoms with E-state index in [1.165, 1.54) is 0 Å². The smallest absolute Gasteiger partial charge is 0.315 e. The first kappa shape index (κ1) is 12.0. The summed E-state index contributed by atoms with van der Waals surface area (Å²) in [6.07, 6.45) is 0. The van der Waals surface area contributed by atoms with Crippen molar-refractivity contribution in [3.8, 4) is 0 Å². The molecule has 1 aromatic heterocycles. The maximum absolute atomic E-state index is 11.2. The van der Waals surface area contributed by atoms with Gasteiger partial charge in [0.1, 0.15) is 0 Å². The predicted molar refractivity (Wildman–Crippen MR) is 61.1 cm³/mol. The second kappa shape index (κ2) is 7.25. The summed E-state index contributed by atoms with van der Waals surface area (Å²) in [6, 6.07) is 1.84. The number of hydrogen-bond donors (Lipinski definition) is 2. The van der Waals surface area contributed by atoms with Crippen LogP contribution in [0.3, 0.4) is 0 Å². The van der Waals surface area contributed by atoms with Crippen molar-refractivity contribution in [1.29, 1.82) is 0 Å². The van der Waals surface area contributed by atoms with Gasteiger partial charge in [0.25, 0.3) is 0 Å². The van der Waals surface area contributed by atoms with Crippen molar-refractivity contribution in [3.63, 3.8) is 0 Å². The molecule has 84 valence electrons. The molecular formula is C10H16N2O2S. The Hall–Kier alpha value is -1.07. The van der Waals surface area contributed by atoms with Crippen molar-refractivity contribution in [2.75, 3.05) is 19.8 Å². The van der Waals surface area contributed by atoms with Gasteiger partial charge >= 0.3 is 6.03 Å². The fourth-order valence-corrected chi connectivity index (χ4v) is 1.69. The molecular weight excluding hydrogens is 212 g/mol. The Morgan fingerprint density at radius 3 is 3.07 bits per heavy atom. The molecule has 0 aromatic carbocycles. The van der Waals surface area contributed by atoms with Gasteiger partial charge in [-0.05, 0) is 29.3 Å². The number of nitrogens with one attached hydrogen (secondary N) is 2. The largest absolute Gasteiger partial charge is 0.380 e. The molecule has 2 N–H and O–H groups in total. The number of carbonyl (C=O) groups is 1. The fourth-order valence-electron chi connectivity index (χ4n) is 1.02. The standard InChI is InChI=1S/C10H16N2O2S/c1-2-14-5-4-11-10(13)12-7-9-3-6-15-8-9/h3,6,8H,2,4-5,7H2,1H3,(H2,11,12,13). The molecule has 0 spiro atoms. The molecule has 0 aliphatic rings. The van der Waals surface area contributed by atoms with Gasteiger partial charge in [0.15, 0.2) is 0 Å². The van der Waals surface area contributed by atoms with Crippen LogP contribution in [0.1, 0.15) is 12.5 Å². The van der Waals surface area contributed by atoms with E-state index >= 15 is 0 Å². The maximum atomic E-state index is 11.2. The summed E-state index contributed by atoms with van der Waals surface area (Å²) in [4.78, 5) is 11.2. The van der Waals surface area contributed by atoms with Crippen molar-refractivity contribution >= 4 is 17.4 Å². The highest BCUT2D eigenvalue weighted by Gasteiger charge is 1.99. The number of amides is 2. The van der Waals surface area contributed by atoms with Crippen LogP contribution in [0.2, 0.25) is 0 Å². The Morgan fingerprint density at radius 1 is 1.53 bits per heavy atom. The molecule has 4 nitrogen and oxygen atoms in total. The van der Waals surface area contributed by atoms with E-state index in [1.807, 2.05) is 23.8 Å².